The molecule has 0 spiro atoms. The van der Waals surface area contributed by atoms with Gasteiger partial charge >= 0.3 is 0 Å². The topological polar surface area (TPSA) is 116 Å². The van der Waals surface area contributed by atoms with Crippen LogP contribution in [0.25, 0.3) is 0 Å². The van der Waals surface area contributed by atoms with Gasteiger partial charge in [0.1, 0.15) is 0 Å². The minimum Gasteiger partial charge on any atom is -0.322 e. The van der Waals surface area contributed by atoms with Crippen LogP contribution in [0, 0.1) is 11.3 Å². The molecule has 0 aliphatic heterocycles. The van der Waals surface area contributed by atoms with Gasteiger partial charge in [0, 0.05) is 29.8 Å². The van der Waals surface area contributed by atoms with Crippen molar-refractivity contribution < 1.29 is 18.0 Å². The molecule has 26 heavy (non-hydrogen) atoms. The minimum atomic E-state index is -3.72. The number of anilines is 1. The van der Waals surface area contributed by atoms with E-state index in [1.807, 2.05) is 6.07 Å². The Balaban J connectivity index is 2.10. The van der Waals surface area contributed by atoms with E-state index in [0.29, 0.717) is 11.3 Å². The van der Waals surface area contributed by atoms with Crippen LogP contribution in [0.15, 0.2) is 53.4 Å². The maximum Gasteiger partial charge on any atom is 0.255 e. The number of ketones is 1. The maximum atomic E-state index is 12.3. The highest BCUT2D eigenvalue weighted by molar-refractivity contribution is 7.89. The van der Waals surface area contributed by atoms with Crippen LogP contribution in [0.4, 0.5) is 5.69 Å². The first-order valence-electron chi connectivity index (χ1n) is 7.72. The Bertz CT molecular complexity index is 961. The van der Waals surface area contributed by atoms with Crippen LogP contribution in [0.5, 0.6) is 0 Å². The second kappa shape index (κ2) is 8.38. The zero-order valence-electron chi connectivity index (χ0n) is 14.0. The molecule has 0 bridgehead atoms. The molecule has 0 radical (unpaired) electrons. The van der Waals surface area contributed by atoms with Gasteiger partial charge in [-0.25, -0.2) is 13.1 Å². The largest absolute Gasteiger partial charge is 0.322 e. The summed E-state index contributed by atoms with van der Waals surface area (Å²) in [7, 11) is -3.72. The number of carbonyl (C=O) groups is 2. The molecule has 2 aromatic rings. The van der Waals surface area contributed by atoms with Gasteiger partial charge in [-0.2, -0.15) is 5.26 Å². The number of hydrogen-bond acceptors (Lipinski definition) is 5. The Hall–Kier alpha value is -3.02. The summed E-state index contributed by atoms with van der Waals surface area (Å²) in [5.41, 5.74) is 1.22. The smallest absolute Gasteiger partial charge is 0.255 e. The zero-order chi connectivity index (χ0) is 19.2. The van der Waals surface area contributed by atoms with Gasteiger partial charge in [0.25, 0.3) is 5.91 Å². The molecule has 0 fully saturated rings. The summed E-state index contributed by atoms with van der Waals surface area (Å²) in [5, 5.41) is 11.1. The molecule has 2 aromatic carbocycles. The average Bonchev–Trinajstić information content (AvgIpc) is 2.62. The van der Waals surface area contributed by atoms with Crippen molar-refractivity contribution in [2.45, 2.75) is 18.2 Å². The van der Waals surface area contributed by atoms with Gasteiger partial charge in [-0.05, 0) is 43.3 Å². The first-order valence-corrected chi connectivity index (χ1v) is 9.21. The third-order valence-electron chi connectivity index (χ3n) is 3.48. The van der Waals surface area contributed by atoms with Crippen molar-refractivity contribution in [2.24, 2.45) is 0 Å². The molecule has 0 aliphatic rings. The number of amides is 1. The fourth-order valence-corrected chi connectivity index (χ4v) is 3.16. The highest BCUT2D eigenvalue weighted by atomic mass is 32.2. The minimum absolute atomic E-state index is 0.00515. The molecule has 0 saturated carbocycles. The molecule has 0 aromatic heterocycles. The Morgan fingerprint density at radius 2 is 1.77 bits per heavy atom. The summed E-state index contributed by atoms with van der Waals surface area (Å²) in [6.45, 7) is 1.46. The highest BCUT2D eigenvalue weighted by Crippen LogP contribution is 2.15. The molecule has 0 atom stereocenters. The lowest BCUT2D eigenvalue weighted by Gasteiger charge is -2.08. The van der Waals surface area contributed by atoms with Gasteiger partial charge in [-0.3, -0.25) is 9.59 Å². The summed E-state index contributed by atoms with van der Waals surface area (Å²) in [5.74, 6) is -0.536. The number of carbonyl (C=O) groups excluding carboxylic acids is 2. The van der Waals surface area contributed by atoms with Crippen molar-refractivity contribution in [3.8, 4) is 6.07 Å². The maximum absolute atomic E-state index is 12.3. The van der Waals surface area contributed by atoms with Gasteiger partial charge in [-0.1, -0.05) is 12.1 Å². The molecular weight excluding hydrogens is 354 g/mol. The van der Waals surface area contributed by atoms with Crippen LogP contribution in [-0.2, 0) is 10.0 Å². The first kappa shape index (κ1) is 19.3. The van der Waals surface area contributed by atoms with Crippen LogP contribution < -0.4 is 10.0 Å². The third kappa shape index (κ3) is 4.99. The SMILES string of the molecule is CC(=O)c1cccc(NC(=O)c2ccc(S(=O)(=O)NCCC#N)cc2)c1. The lowest BCUT2D eigenvalue weighted by atomic mass is 10.1. The number of Topliss-reactive ketones (excluding diaryl/α,β-unsaturated/α-hetero) is 1. The van der Waals surface area contributed by atoms with Crippen LogP contribution in [-0.4, -0.2) is 26.7 Å². The second-order valence-corrected chi connectivity index (χ2v) is 7.19. The van der Waals surface area contributed by atoms with Gasteiger partial charge in [0.15, 0.2) is 5.78 Å². The van der Waals surface area contributed by atoms with E-state index in [-0.39, 0.29) is 29.2 Å². The Morgan fingerprint density at radius 1 is 1.08 bits per heavy atom. The van der Waals surface area contributed by atoms with E-state index in [1.165, 1.54) is 31.2 Å². The van der Waals surface area contributed by atoms with Crippen molar-refractivity contribution in [1.82, 2.24) is 4.72 Å². The zero-order valence-corrected chi connectivity index (χ0v) is 14.8. The van der Waals surface area contributed by atoms with E-state index in [1.54, 1.807) is 24.3 Å². The van der Waals surface area contributed by atoms with E-state index < -0.39 is 15.9 Å². The molecule has 2 rings (SSSR count). The Kier molecular flexibility index (Phi) is 6.22. The number of nitriles is 1. The number of rotatable bonds is 7. The lowest BCUT2D eigenvalue weighted by molar-refractivity contribution is 0.101. The Labute approximate surface area is 151 Å². The number of nitrogens with zero attached hydrogens (tertiary/aromatic N) is 1. The molecule has 2 N–H and O–H groups in total. The summed E-state index contributed by atoms with van der Waals surface area (Å²) >= 11 is 0. The molecule has 134 valence electrons. The summed E-state index contributed by atoms with van der Waals surface area (Å²) < 4.78 is 26.4. The lowest BCUT2D eigenvalue weighted by Crippen LogP contribution is -2.24. The predicted octanol–water partition coefficient (Wildman–Crippen LogP) is 2.33. The van der Waals surface area contributed by atoms with E-state index in [0.717, 1.165) is 0 Å². The second-order valence-electron chi connectivity index (χ2n) is 5.42. The summed E-state index contributed by atoms with van der Waals surface area (Å²) in [6.07, 6.45) is 0.0685. The summed E-state index contributed by atoms with van der Waals surface area (Å²) in [6, 6.07) is 13.8. The number of benzene rings is 2. The van der Waals surface area contributed by atoms with E-state index >= 15 is 0 Å². The van der Waals surface area contributed by atoms with Gasteiger partial charge in [0.2, 0.25) is 10.0 Å². The molecular formula is C18H17N3O4S. The molecule has 0 unspecified atom stereocenters. The molecule has 0 saturated heterocycles. The van der Waals surface area contributed by atoms with Crippen molar-refractivity contribution in [1.29, 1.82) is 5.26 Å². The monoisotopic (exact) mass is 371 g/mol. The van der Waals surface area contributed by atoms with Crippen LogP contribution in [0.1, 0.15) is 34.1 Å². The van der Waals surface area contributed by atoms with Crippen molar-refractivity contribution in [3.05, 3.63) is 59.7 Å². The van der Waals surface area contributed by atoms with Gasteiger partial charge in [0.05, 0.1) is 11.0 Å². The van der Waals surface area contributed by atoms with Crippen LogP contribution >= 0.6 is 0 Å². The van der Waals surface area contributed by atoms with Crippen molar-refractivity contribution >= 4 is 27.4 Å². The molecule has 8 heteroatoms. The van der Waals surface area contributed by atoms with E-state index in [9.17, 15) is 18.0 Å². The number of hydrogen-bond donors (Lipinski definition) is 2. The number of nitrogens with one attached hydrogen (secondary N) is 2. The molecule has 0 aliphatic carbocycles. The fraction of sp³-hybridized carbons (Fsp3) is 0.167. The predicted molar refractivity (Wildman–Crippen MR) is 96.3 cm³/mol. The van der Waals surface area contributed by atoms with E-state index in [2.05, 4.69) is 10.0 Å². The standard InChI is InChI=1S/C18H17N3O4S/c1-13(22)15-4-2-5-16(12-15)21-18(23)14-6-8-17(9-7-14)26(24,25)20-11-3-10-19/h2,4-9,12,20H,3,11H2,1H3,(H,21,23). The van der Waals surface area contributed by atoms with Gasteiger partial charge < -0.3 is 5.32 Å². The average molecular weight is 371 g/mol. The van der Waals surface area contributed by atoms with Crippen LogP contribution in [0.2, 0.25) is 0 Å². The van der Waals surface area contributed by atoms with Crippen molar-refractivity contribution in [2.75, 3.05) is 11.9 Å². The summed E-state index contributed by atoms with van der Waals surface area (Å²) in [4.78, 5) is 23.7. The van der Waals surface area contributed by atoms with Gasteiger partial charge in [-0.15, -0.1) is 0 Å². The number of sulfonamides is 1. The fourth-order valence-electron chi connectivity index (χ4n) is 2.13. The molecule has 7 nitrogen and oxygen atoms in total. The van der Waals surface area contributed by atoms with Crippen molar-refractivity contribution in [3.63, 3.8) is 0 Å². The van der Waals surface area contributed by atoms with Crippen LogP contribution in [0.3, 0.4) is 0 Å². The van der Waals surface area contributed by atoms with E-state index in [4.69, 9.17) is 5.26 Å². The molecule has 0 heterocycles. The normalized spacial score (nSPS) is 10.8. The first-order chi connectivity index (χ1) is 12.3. The highest BCUT2D eigenvalue weighted by Gasteiger charge is 2.14. The third-order valence-corrected chi connectivity index (χ3v) is 4.96. The quantitative estimate of drug-likeness (QED) is 0.572. The Morgan fingerprint density at radius 3 is 2.38 bits per heavy atom. The molecule has 1 amide bonds.